The normalized spacial score (nSPS) is 12.2. The highest BCUT2D eigenvalue weighted by molar-refractivity contribution is 7.92. The monoisotopic (exact) mass is 442 g/mol. The lowest BCUT2D eigenvalue weighted by Gasteiger charge is -2.16. The van der Waals surface area contributed by atoms with Crippen molar-refractivity contribution in [3.8, 4) is 5.69 Å². The van der Waals surface area contributed by atoms with Crippen molar-refractivity contribution in [2.24, 2.45) is 0 Å². The van der Waals surface area contributed by atoms with Gasteiger partial charge in [-0.25, -0.2) is 17.9 Å². The molecule has 1 heterocycles. The second-order valence-corrected chi connectivity index (χ2v) is 8.85. The zero-order valence-corrected chi connectivity index (χ0v) is 18.0. The van der Waals surface area contributed by atoms with Gasteiger partial charge in [-0.15, -0.1) is 0 Å². The standard InChI is InChI=1S/C21H22N4O5S/c1-13(16-5-4-6-17(11-16)24-31(3,29)30)23-20(26)15-7-9-18(10-8-15)25-14(2)19(12-22-25)21(27)28/h4-13,24H,1-3H3,(H,23,26)(H,27,28). The number of nitrogens with one attached hydrogen (secondary N) is 2. The number of amides is 1. The summed E-state index contributed by atoms with van der Waals surface area (Å²) in [5.41, 5.74) is 2.82. The number of nitrogens with zero attached hydrogens (tertiary/aromatic N) is 2. The lowest BCUT2D eigenvalue weighted by Crippen LogP contribution is -2.26. The molecule has 0 aliphatic carbocycles. The average molecular weight is 442 g/mol. The number of carboxylic acid groups (broad SMARTS) is 1. The summed E-state index contributed by atoms with van der Waals surface area (Å²) in [6.07, 6.45) is 2.36. The second kappa shape index (κ2) is 8.60. The molecule has 162 valence electrons. The first-order chi connectivity index (χ1) is 14.5. The SMILES string of the molecule is Cc1c(C(=O)O)cnn1-c1ccc(C(=O)NC(C)c2cccc(NS(C)(=O)=O)c2)cc1. The molecule has 0 saturated carbocycles. The Morgan fingerprint density at radius 3 is 2.39 bits per heavy atom. The molecular weight excluding hydrogens is 420 g/mol. The number of rotatable bonds is 7. The van der Waals surface area contributed by atoms with E-state index in [4.69, 9.17) is 5.11 Å². The van der Waals surface area contributed by atoms with Gasteiger partial charge in [-0.05, 0) is 55.8 Å². The van der Waals surface area contributed by atoms with Crippen LogP contribution in [0.4, 0.5) is 5.69 Å². The van der Waals surface area contributed by atoms with Crippen molar-refractivity contribution in [1.29, 1.82) is 0 Å². The first-order valence-electron chi connectivity index (χ1n) is 9.32. The van der Waals surface area contributed by atoms with Gasteiger partial charge >= 0.3 is 5.97 Å². The Kier molecular flexibility index (Phi) is 6.11. The molecule has 0 fully saturated rings. The van der Waals surface area contributed by atoms with Gasteiger partial charge in [-0.1, -0.05) is 12.1 Å². The average Bonchev–Trinajstić information content (AvgIpc) is 3.08. The Hall–Kier alpha value is -3.66. The van der Waals surface area contributed by atoms with E-state index < -0.39 is 16.0 Å². The molecule has 1 atom stereocenters. The summed E-state index contributed by atoms with van der Waals surface area (Å²) < 4.78 is 26.7. The maximum Gasteiger partial charge on any atom is 0.339 e. The van der Waals surface area contributed by atoms with Crippen LogP contribution in [0.5, 0.6) is 0 Å². The fourth-order valence-electron chi connectivity index (χ4n) is 3.08. The number of hydrogen-bond acceptors (Lipinski definition) is 5. The molecule has 31 heavy (non-hydrogen) atoms. The predicted octanol–water partition coefficient (Wildman–Crippen LogP) is 2.74. The minimum absolute atomic E-state index is 0.114. The molecule has 10 heteroatoms. The summed E-state index contributed by atoms with van der Waals surface area (Å²) >= 11 is 0. The summed E-state index contributed by atoms with van der Waals surface area (Å²) in [7, 11) is -3.40. The molecule has 0 aliphatic rings. The molecule has 3 rings (SSSR count). The van der Waals surface area contributed by atoms with Crippen molar-refractivity contribution in [3.63, 3.8) is 0 Å². The number of sulfonamides is 1. The maximum atomic E-state index is 12.6. The third-order valence-corrected chi connectivity index (χ3v) is 5.26. The molecule has 2 aromatic carbocycles. The molecule has 0 spiro atoms. The van der Waals surface area contributed by atoms with E-state index in [0.29, 0.717) is 22.6 Å². The number of hydrogen-bond donors (Lipinski definition) is 3. The lowest BCUT2D eigenvalue weighted by molar-refractivity contribution is 0.0695. The maximum absolute atomic E-state index is 12.6. The summed E-state index contributed by atoms with van der Waals surface area (Å²) in [6, 6.07) is 13.0. The van der Waals surface area contributed by atoms with Gasteiger partial charge in [0.25, 0.3) is 5.91 Å². The molecule has 1 amide bonds. The minimum atomic E-state index is -3.40. The molecule has 0 bridgehead atoms. The Bertz CT molecular complexity index is 1230. The second-order valence-electron chi connectivity index (χ2n) is 7.10. The van der Waals surface area contributed by atoms with Crippen LogP contribution >= 0.6 is 0 Å². The summed E-state index contributed by atoms with van der Waals surface area (Å²) in [5, 5.41) is 16.1. The quantitative estimate of drug-likeness (QED) is 0.516. The van der Waals surface area contributed by atoms with Crippen molar-refractivity contribution in [2.45, 2.75) is 19.9 Å². The van der Waals surface area contributed by atoms with Gasteiger partial charge in [0.2, 0.25) is 10.0 Å². The van der Waals surface area contributed by atoms with Gasteiger partial charge in [0.15, 0.2) is 0 Å². The molecule has 0 radical (unpaired) electrons. The van der Waals surface area contributed by atoms with Gasteiger partial charge in [-0.3, -0.25) is 9.52 Å². The Morgan fingerprint density at radius 1 is 1.13 bits per heavy atom. The van der Waals surface area contributed by atoms with Crippen molar-refractivity contribution in [2.75, 3.05) is 11.0 Å². The van der Waals surface area contributed by atoms with E-state index in [9.17, 15) is 18.0 Å². The zero-order chi connectivity index (χ0) is 22.8. The Labute approximate surface area is 179 Å². The largest absolute Gasteiger partial charge is 0.478 e. The fourth-order valence-corrected chi connectivity index (χ4v) is 3.64. The van der Waals surface area contributed by atoms with Crippen LogP contribution in [-0.2, 0) is 10.0 Å². The third-order valence-electron chi connectivity index (χ3n) is 4.65. The predicted molar refractivity (Wildman–Crippen MR) is 116 cm³/mol. The highest BCUT2D eigenvalue weighted by Crippen LogP contribution is 2.19. The molecule has 1 aromatic heterocycles. The van der Waals surface area contributed by atoms with Crippen LogP contribution in [0, 0.1) is 6.92 Å². The van der Waals surface area contributed by atoms with Gasteiger partial charge < -0.3 is 10.4 Å². The molecule has 1 unspecified atom stereocenters. The zero-order valence-electron chi connectivity index (χ0n) is 17.2. The fraction of sp³-hybridized carbons (Fsp3) is 0.190. The van der Waals surface area contributed by atoms with E-state index >= 15 is 0 Å². The van der Waals surface area contributed by atoms with Crippen LogP contribution in [-0.4, -0.2) is 41.4 Å². The Balaban J connectivity index is 1.72. The highest BCUT2D eigenvalue weighted by Gasteiger charge is 2.15. The van der Waals surface area contributed by atoms with E-state index in [2.05, 4.69) is 15.1 Å². The van der Waals surface area contributed by atoms with E-state index in [-0.39, 0.29) is 17.5 Å². The van der Waals surface area contributed by atoms with E-state index in [1.54, 1.807) is 62.4 Å². The molecule has 3 aromatic rings. The number of aromatic carboxylic acids is 1. The van der Waals surface area contributed by atoms with Crippen LogP contribution in [0.3, 0.4) is 0 Å². The molecule has 0 aliphatic heterocycles. The molecule has 3 N–H and O–H groups in total. The number of anilines is 1. The van der Waals surface area contributed by atoms with Crippen LogP contribution in [0.15, 0.2) is 54.7 Å². The minimum Gasteiger partial charge on any atom is -0.478 e. The Morgan fingerprint density at radius 2 is 1.81 bits per heavy atom. The number of carbonyl (C=O) groups is 2. The van der Waals surface area contributed by atoms with E-state index in [1.807, 2.05) is 0 Å². The van der Waals surface area contributed by atoms with Crippen LogP contribution < -0.4 is 10.0 Å². The van der Waals surface area contributed by atoms with Crippen molar-refractivity contribution >= 4 is 27.6 Å². The van der Waals surface area contributed by atoms with E-state index in [1.165, 1.54) is 10.9 Å². The molecule has 0 saturated heterocycles. The van der Waals surface area contributed by atoms with Crippen LogP contribution in [0.1, 0.15) is 44.9 Å². The molecular formula is C21H22N4O5S. The lowest BCUT2D eigenvalue weighted by atomic mass is 10.1. The highest BCUT2D eigenvalue weighted by atomic mass is 32.2. The number of benzene rings is 2. The number of carboxylic acids is 1. The number of aromatic nitrogens is 2. The first-order valence-corrected chi connectivity index (χ1v) is 11.2. The van der Waals surface area contributed by atoms with E-state index in [0.717, 1.165) is 11.8 Å². The molecule has 9 nitrogen and oxygen atoms in total. The van der Waals surface area contributed by atoms with Crippen molar-refractivity contribution in [3.05, 3.63) is 77.1 Å². The summed E-state index contributed by atoms with van der Waals surface area (Å²) in [6.45, 7) is 3.46. The summed E-state index contributed by atoms with van der Waals surface area (Å²) in [5.74, 6) is -1.35. The third kappa shape index (κ3) is 5.28. The van der Waals surface area contributed by atoms with Crippen LogP contribution in [0.2, 0.25) is 0 Å². The van der Waals surface area contributed by atoms with Gasteiger partial charge in [-0.2, -0.15) is 5.10 Å². The summed E-state index contributed by atoms with van der Waals surface area (Å²) in [4.78, 5) is 23.8. The topological polar surface area (TPSA) is 130 Å². The number of carbonyl (C=O) groups excluding carboxylic acids is 1. The van der Waals surface area contributed by atoms with Crippen molar-refractivity contribution < 1.29 is 23.1 Å². The van der Waals surface area contributed by atoms with Gasteiger partial charge in [0.05, 0.1) is 29.9 Å². The van der Waals surface area contributed by atoms with Crippen LogP contribution in [0.25, 0.3) is 5.69 Å². The van der Waals surface area contributed by atoms with Crippen molar-refractivity contribution in [1.82, 2.24) is 15.1 Å². The van der Waals surface area contributed by atoms with Gasteiger partial charge in [0.1, 0.15) is 5.56 Å². The smallest absolute Gasteiger partial charge is 0.339 e. The van der Waals surface area contributed by atoms with Gasteiger partial charge in [0, 0.05) is 11.3 Å². The first kappa shape index (κ1) is 22.0.